The van der Waals surface area contributed by atoms with Crippen LogP contribution in [0.4, 0.5) is 0 Å². The lowest BCUT2D eigenvalue weighted by atomic mass is 9.47. The van der Waals surface area contributed by atoms with Gasteiger partial charge in [0, 0.05) is 18.5 Å². The molecule has 1 saturated carbocycles. The minimum absolute atomic E-state index is 0.0342. The zero-order chi connectivity index (χ0) is 29.5. The average Bonchev–Trinajstić information content (AvgIpc) is 3.28. The minimum Gasteiger partial charge on any atom is -0.493 e. The number of aliphatic hydroxyl groups is 1. The number of esters is 2. The summed E-state index contributed by atoms with van der Waals surface area (Å²) in [5, 5.41) is 23.3. The number of carbonyl (C=O) groups excluding carboxylic acids is 3. The van der Waals surface area contributed by atoms with Gasteiger partial charge in [-0.1, -0.05) is 12.5 Å². The van der Waals surface area contributed by atoms with Gasteiger partial charge in [0.25, 0.3) is 0 Å². The van der Waals surface area contributed by atoms with Gasteiger partial charge in [0.05, 0.1) is 30.6 Å². The second-order valence-corrected chi connectivity index (χ2v) is 11.3. The van der Waals surface area contributed by atoms with E-state index >= 15 is 0 Å². The molecule has 12 heteroatoms. The van der Waals surface area contributed by atoms with Gasteiger partial charge in [0.15, 0.2) is 23.7 Å². The summed E-state index contributed by atoms with van der Waals surface area (Å²) in [6.45, 7) is 1.30. The van der Waals surface area contributed by atoms with Crippen molar-refractivity contribution >= 4 is 23.8 Å². The highest BCUT2D eigenvalue weighted by molar-refractivity contribution is 5.83. The van der Waals surface area contributed by atoms with Crippen LogP contribution in [-0.2, 0) is 40.5 Å². The molecule has 0 unspecified atom stereocenters. The first kappa shape index (κ1) is 28.9. The second-order valence-electron chi connectivity index (χ2n) is 11.3. The summed E-state index contributed by atoms with van der Waals surface area (Å²) in [5.74, 6) is -1.72. The van der Waals surface area contributed by atoms with E-state index in [1.54, 1.807) is 13.2 Å². The van der Waals surface area contributed by atoms with E-state index < -0.39 is 53.1 Å². The molecule has 1 amide bonds. The van der Waals surface area contributed by atoms with Crippen LogP contribution >= 0.6 is 0 Å². The van der Waals surface area contributed by atoms with E-state index in [-0.39, 0.29) is 37.5 Å². The molecule has 6 atom stereocenters. The molecule has 1 aromatic rings. The van der Waals surface area contributed by atoms with Crippen molar-refractivity contribution < 1.29 is 48.3 Å². The Morgan fingerprint density at radius 2 is 2.02 bits per heavy atom. The fourth-order valence-electron chi connectivity index (χ4n) is 7.01. The fraction of sp³-hybridized carbons (Fsp3) is 0.586. The summed E-state index contributed by atoms with van der Waals surface area (Å²) in [5.41, 5.74) is 5.87. The fourth-order valence-corrected chi connectivity index (χ4v) is 7.01. The second kappa shape index (κ2) is 11.0. The minimum atomic E-state index is -1.24. The Labute approximate surface area is 237 Å². The number of hydrogen-bond acceptors (Lipinski definition) is 10. The number of ether oxygens (including phenoxy) is 4. The van der Waals surface area contributed by atoms with Gasteiger partial charge in [-0.3, -0.25) is 14.4 Å². The quantitative estimate of drug-likeness (QED) is 0.280. The van der Waals surface area contributed by atoms with Crippen molar-refractivity contribution in [3.8, 4) is 11.5 Å². The number of methoxy groups -OCH3 is 1. The van der Waals surface area contributed by atoms with Crippen molar-refractivity contribution in [1.82, 2.24) is 5.32 Å². The molecule has 1 fully saturated rings. The SMILES string of the molecule is COc1ccc2c3c1O[C@@H]1C(OC(=O)[C@H](C)OC(=O)CCNC(=O)[C@@H](N)CCC(=O)O)=CC[C@]4(O)[C@@H](CCC[C@@]314)C2. The predicted molar refractivity (Wildman–Crippen MR) is 142 cm³/mol. The highest BCUT2D eigenvalue weighted by Crippen LogP contribution is 2.67. The monoisotopic (exact) mass is 572 g/mol. The number of carboxylic acid groups (broad SMARTS) is 1. The zero-order valence-corrected chi connectivity index (χ0v) is 23.1. The highest BCUT2D eigenvalue weighted by Gasteiger charge is 2.71. The van der Waals surface area contributed by atoms with E-state index in [0.717, 1.165) is 30.4 Å². The van der Waals surface area contributed by atoms with Crippen LogP contribution in [0.3, 0.4) is 0 Å². The summed E-state index contributed by atoms with van der Waals surface area (Å²) in [7, 11) is 1.56. The predicted octanol–water partition coefficient (Wildman–Crippen LogP) is 1.24. The van der Waals surface area contributed by atoms with Crippen molar-refractivity contribution in [1.29, 1.82) is 0 Å². The highest BCUT2D eigenvalue weighted by atomic mass is 16.6. The van der Waals surface area contributed by atoms with Gasteiger partial charge in [0.1, 0.15) is 5.76 Å². The first-order valence-electron chi connectivity index (χ1n) is 14.0. The standard InChI is InChI=1S/C29H36N2O10/c1-15(39-22(34)10-13-31-26(35)18(30)6-8-21(32)33)27(36)40-20-9-12-29(37)17-4-3-11-28(29)23-16(14-17)5-7-19(38-2)24(23)41-25(20)28/h5,7,9,15,17-18,25,37H,3-4,6,8,10-14,30H2,1-2H3,(H,31,35)(H,32,33)/t15-,17-,18-,25+,28+,29-/m0/s1. The van der Waals surface area contributed by atoms with Crippen LogP contribution in [0.2, 0.25) is 0 Å². The Hall–Kier alpha value is -3.64. The number of carboxylic acids is 1. The summed E-state index contributed by atoms with van der Waals surface area (Å²) in [6.07, 6.45) is 2.74. The van der Waals surface area contributed by atoms with Crippen LogP contribution in [-0.4, -0.2) is 71.5 Å². The summed E-state index contributed by atoms with van der Waals surface area (Å²) >= 11 is 0. The molecule has 1 aromatic carbocycles. The van der Waals surface area contributed by atoms with Crippen molar-refractivity contribution in [2.24, 2.45) is 11.7 Å². The average molecular weight is 573 g/mol. The lowest BCUT2D eigenvalue weighted by molar-refractivity contribution is -0.171. The number of nitrogens with two attached hydrogens (primary N) is 1. The molecule has 1 aliphatic heterocycles. The summed E-state index contributed by atoms with van der Waals surface area (Å²) in [4.78, 5) is 47.9. The molecule has 3 aliphatic carbocycles. The van der Waals surface area contributed by atoms with Crippen molar-refractivity contribution in [3.63, 3.8) is 0 Å². The van der Waals surface area contributed by atoms with Crippen molar-refractivity contribution in [2.45, 2.75) is 87.6 Å². The molecule has 41 heavy (non-hydrogen) atoms. The molecule has 5 rings (SSSR count). The largest absolute Gasteiger partial charge is 0.493 e. The third-order valence-corrected chi connectivity index (χ3v) is 8.96. The van der Waals surface area contributed by atoms with Gasteiger partial charge in [-0.15, -0.1) is 0 Å². The van der Waals surface area contributed by atoms with Gasteiger partial charge in [-0.05, 0) is 62.7 Å². The molecular formula is C29H36N2O10. The number of aliphatic carboxylic acids is 1. The number of amides is 1. The van der Waals surface area contributed by atoms with Crippen molar-refractivity contribution in [3.05, 3.63) is 35.1 Å². The lowest BCUT2D eigenvalue weighted by Crippen LogP contribution is -2.67. The topological polar surface area (TPSA) is 184 Å². The van der Waals surface area contributed by atoms with Gasteiger partial charge in [0.2, 0.25) is 5.91 Å². The smallest absolute Gasteiger partial charge is 0.352 e. The van der Waals surface area contributed by atoms with Crippen molar-refractivity contribution in [2.75, 3.05) is 13.7 Å². The first-order valence-corrected chi connectivity index (χ1v) is 14.0. The third kappa shape index (κ3) is 4.82. The van der Waals surface area contributed by atoms with Crippen LogP contribution in [0.1, 0.15) is 63.0 Å². The van der Waals surface area contributed by atoms with Crippen LogP contribution < -0.4 is 20.5 Å². The zero-order valence-electron chi connectivity index (χ0n) is 23.1. The van der Waals surface area contributed by atoms with Gasteiger partial charge in [-0.2, -0.15) is 0 Å². The van der Waals surface area contributed by atoms with E-state index in [9.17, 15) is 24.3 Å². The number of carbonyl (C=O) groups is 4. The Morgan fingerprint density at radius 3 is 2.76 bits per heavy atom. The Kier molecular flexibility index (Phi) is 7.73. The van der Waals surface area contributed by atoms with E-state index in [2.05, 4.69) is 5.32 Å². The van der Waals surface area contributed by atoms with E-state index in [1.807, 2.05) is 12.1 Å². The maximum absolute atomic E-state index is 13.0. The van der Waals surface area contributed by atoms with E-state index in [0.29, 0.717) is 24.3 Å². The van der Waals surface area contributed by atoms with Gasteiger partial charge >= 0.3 is 17.9 Å². The van der Waals surface area contributed by atoms with Crippen LogP contribution in [0.15, 0.2) is 24.0 Å². The first-order chi connectivity index (χ1) is 19.5. The third-order valence-electron chi connectivity index (χ3n) is 8.96. The van der Waals surface area contributed by atoms with Crippen LogP contribution in [0.5, 0.6) is 11.5 Å². The van der Waals surface area contributed by atoms with E-state index in [1.165, 1.54) is 6.92 Å². The number of benzene rings is 1. The Bertz CT molecular complexity index is 1290. The van der Waals surface area contributed by atoms with E-state index in [4.69, 9.17) is 29.8 Å². The lowest BCUT2D eigenvalue weighted by Gasteiger charge is -2.59. The molecule has 0 aromatic heterocycles. The molecule has 12 nitrogen and oxygen atoms in total. The number of hydrogen-bond donors (Lipinski definition) is 4. The molecule has 0 saturated heterocycles. The van der Waals surface area contributed by atoms with Gasteiger partial charge < -0.3 is 40.2 Å². The molecule has 0 radical (unpaired) electrons. The Balaban J connectivity index is 1.22. The maximum Gasteiger partial charge on any atom is 0.352 e. The molecule has 222 valence electrons. The molecule has 5 N–H and O–H groups in total. The molecule has 2 bridgehead atoms. The van der Waals surface area contributed by atoms with Gasteiger partial charge in [-0.25, -0.2) is 4.79 Å². The number of rotatable bonds is 11. The Morgan fingerprint density at radius 1 is 1.24 bits per heavy atom. The van der Waals surface area contributed by atoms with Crippen LogP contribution in [0, 0.1) is 5.92 Å². The molecule has 1 heterocycles. The van der Waals surface area contributed by atoms with Crippen LogP contribution in [0.25, 0.3) is 0 Å². The maximum atomic E-state index is 13.0. The number of nitrogens with one attached hydrogen (secondary N) is 1. The summed E-state index contributed by atoms with van der Waals surface area (Å²) in [6, 6.07) is 2.88. The molecular weight excluding hydrogens is 536 g/mol. The molecule has 1 spiro atoms. The molecule has 4 aliphatic rings. The normalized spacial score (nSPS) is 28.2. The summed E-state index contributed by atoms with van der Waals surface area (Å²) < 4.78 is 23.0.